The topological polar surface area (TPSA) is 49.9 Å². The second-order valence-electron chi connectivity index (χ2n) is 7.61. The third-order valence-corrected chi connectivity index (χ3v) is 5.75. The zero-order chi connectivity index (χ0) is 17.4. The van der Waals surface area contributed by atoms with Crippen LogP contribution in [0.2, 0.25) is 0 Å². The summed E-state index contributed by atoms with van der Waals surface area (Å²) in [5.74, 6) is 1.63. The van der Waals surface area contributed by atoms with Gasteiger partial charge in [0.1, 0.15) is 5.75 Å². The number of ether oxygens (including phenoxy) is 1. The van der Waals surface area contributed by atoms with E-state index < -0.39 is 0 Å². The number of carbonyl (C=O) groups is 2. The van der Waals surface area contributed by atoms with Gasteiger partial charge in [0, 0.05) is 26.1 Å². The van der Waals surface area contributed by atoms with Crippen molar-refractivity contribution in [1.29, 1.82) is 0 Å². The van der Waals surface area contributed by atoms with Gasteiger partial charge >= 0.3 is 0 Å². The molecule has 2 saturated heterocycles. The molecule has 1 aliphatic carbocycles. The number of carbonyl (C=O) groups excluding carboxylic acids is 2. The Morgan fingerprint density at radius 3 is 2.88 bits per heavy atom. The number of amides is 2. The smallest absolute Gasteiger partial charge is 0.228 e. The molecule has 25 heavy (non-hydrogen) atoms. The molecule has 5 heteroatoms. The monoisotopic (exact) mass is 342 g/mol. The normalized spacial score (nSPS) is 26.4. The van der Waals surface area contributed by atoms with Gasteiger partial charge < -0.3 is 14.5 Å². The van der Waals surface area contributed by atoms with Crippen molar-refractivity contribution in [1.82, 2.24) is 9.80 Å². The second kappa shape index (κ2) is 6.70. The minimum atomic E-state index is -0.169. The van der Waals surface area contributed by atoms with Crippen molar-refractivity contribution in [3.8, 4) is 5.75 Å². The molecule has 1 aromatic carbocycles. The highest BCUT2D eigenvalue weighted by Gasteiger charge is 2.41. The molecule has 2 unspecified atom stereocenters. The van der Waals surface area contributed by atoms with Crippen molar-refractivity contribution in [2.75, 3.05) is 26.7 Å². The molecule has 0 N–H and O–H groups in total. The highest BCUT2D eigenvalue weighted by molar-refractivity contribution is 5.89. The lowest BCUT2D eigenvalue weighted by atomic mass is 10.0. The molecule has 2 aliphatic heterocycles. The molecule has 0 spiro atoms. The molecule has 0 radical (unpaired) electrons. The zero-order valence-electron chi connectivity index (χ0n) is 14.8. The number of nitrogens with zero attached hydrogens (tertiary/aromatic N) is 2. The number of methoxy groups -OCH3 is 1. The van der Waals surface area contributed by atoms with Crippen LogP contribution >= 0.6 is 0 Å². The Labute approximate surface area is 148 Å². The van der Waals surface area contributed by atoms with E-state index in [0.717, 1.165) is 37.2 Å². The summed E-state index contributed by atoms with van der Waals surface area (Å²) in [5, 5.41) is 0. The van der Waals surface area contributed by atoms with Gasteiger partial charge in [-0.2, -0.15) is 0 Å². The number of likely N-dealkylation sites (tertiary alicyclic amines) is 2. The van der Waals surface area contributed by atoms with Crippen molar-refractivity contribution < 1.29 is 14.3 Å². The summed E-state index contributed by atoms with van der Waals surface area (Å²) in [6.45, 7) is 2.24. The van der Waals surface area contributed by atoms with Gasteiger partial charge in [0.05, 0.1) is 19.1 Å². The van der Waals surface area contributed by atoms with E-state index in [-0.39, 0.29) is 23.8 Å². The van der Waals surface area contributed by atoms with E-state index in [4.69, 9.17) is 4.74 Å². The van der Waals surface area contributed by atoms with Crippen LogP contribution in [0, 0.1) is 11.8 Å². The summed E-state index contributed by atoms with van der Waals surface area (Å²) < 4.78 is 5.33. The number of benzene rings is 1. The minimum absolute atomic E-state index is 0.107. The first-order chi connectivity index (χ1) is 12.2. The zero-order valence-corrected chi connectivity index (χ0v) is 14.8. The van der Waals surface area contributed by atoms with Crippen LogP contribution in [-0.4, -0.2) is 48.4 Å². The molecule has 0 aromatic heterocycles. The lowest BCUT2D eigenvalue weighted by Gasteiger charge is -2.28. The molecule has 2 amide bonds. The maximum absolute atomic E-state index is 13.1. The lowest BCUT2D eigenvalue weighted by Crippen LogP contribution is -2.37. The van der Waals surface area contributed by atoms with Crippen LogP contribution in [0.1, 0.15) is 43.7 Å². The van der Waals surface area contributed by atoms with Crippen LogP contribution < -0.4 is 4.74 Å². The standard InChI is InChI=1S/C20H26N2O3/c1-25-17-5-2-4-15(10-17)18-6-3-9-22(18)20(24)16-11-19(23)21(13-16)12-14-7-8-14/h2,4-5,10,14,16,18H,3,6-9,11-13H2,1H3. The number of hydrogen-bond donors (Lipinski definition) is 0. The van der Waals surface area contributed by atoms with Gasteiger partial charge in [0.2, 0.25) is 11.8 Å². The predicted octanol–water partition coefficient (Wildman–Crippen LogP) is 2.62. The minimum Gasteiger partial charge on any atom is -0.497 e. The Kier molecular flexibility index (Phi) is 4.40. The molecule has 3 fully saturated rings. The van der Waals surface area contributed by atoms with Crippen LogP contribution in [0.4, 0.5) is 0 Å². The highest BCUT2D eigenvalue weighted by atomic mass is 16.5. The van der Waals surface area contributed by atoms with Crippen LogP contribution in [0.3, 0.4) is 0 Å². The van der Waals surface area contributed by atoms with Crippen molar-refractivity contribution >= 4 is 11.8 Å². The van der Waals surface area contributed by atoms with Gasteiger partial charge in [-0.15, -0.1) is 0 Å². The first-order valence-electron chi connectivity index (χ1n) is 9.38. The Balaban J connectivity index is 1.46. The molecule has 134 valence electrons. The Morgan fingerprint density at radius 2 is 2.12 bits per heavy atom. The van der Waals surface area contributed by atoms with Gasteiger partial charge in [0.15, 0.2) is 0 Å². The summed E-state index contributed by atoms with van der Waals surface area (Å²) in [6.07, 6.45) is 4.83. The summed E-state index contributed by atoms with van der Waals surface area (Å²) in [7, 11) is 1.66. The second-order valence-corrected chi connectivity index (χ2v) is 7.61. The van der Waals surface area contributed by atoms with E-state index in [1.807, 2.05) is 28.0 Å². The van der Waals surface area contributed by atoms with Crippen LogP contribution in [0.15, 0.2) is 24.3 Å². The average Bonchev–Trinajstić information content (AvgIpc) is 3.17. The van der Waals surface area contributed by atoms with E-state index in [1.165, 1.54) is 12.8 Å². The lowest BCUT2D eigenvalue weighted by molar-refractivity contribution is -0.136. The molecule has 3 aliphatic rings. The van der Waals surface area contributed by atoms with Gasteiger partial charge in [-0.3, -0.25) is 9.59 Å². The molecule has 2 atom stereocenters. The number of rotatable bonds is 5. The van der Waals surface area contributed by atoms with Crippen molar-refractivity contribution in [2.24, 2.45) is 11.8 Å². The fourth-order valence-corrected chi connectivity index (χ4v) is 4.19. The molecule has 1 saturated carbocycles. The fraction of sp³-hybridized carbons (Fsp3) is 0.600. The SMILES string of the molecule is COc1cccc(C2CCCN2C(=O)C2CC(=O)N(CC3CC3)C2)c1. The highest BCUT2D eigenvalue weighted by Crippen LogP contribution is 2.37. The van der Waals surface area contributed by atoms with Gasteiger partial charge in [-0.1, -0.05) is 12.1 Å². The van der Waals surface area contributed by atoms with Crippen LogP contribution in [-0.2, 0) is 9.59 Å². The molecule has 1 aromatic rings. The Hall–Kier alpha value is -2.04. The van der Waals surface area contributed by atoms with Crippen molar-refractivity contribution in [3.05, 3.63) is 29.8 Å². The molecule has 4 rings (SSSR count). The summed E-state index contributed by atoms with van der Waals surface area (Å²) >= 11 is 0. The summed E-state index contributed by atoms with van der Waals surface area (Å²) in [5.41, 5.74) is 1.13. The third kappa shape index (κ3) is 3.37. The van der Waals surface area contributed by atoms with E-state index in [1.54, 1.807) is 7.11 Å². The molecule has 2 heterocycles. The third-order valence-electron chi connectivity index (χ3n) is 5.75. The van der Waals surface area contributed by atoms with Crippen LogP contribution in [0.25, 0.3) is 0 Å². The van der Waals surface area contributed by atoms with E-state index in [2.05, 4.69) is 6.07 Å². The van der Waals surface area contributed by atoms with Crippen molar-refractivity contribution in [2.45, 2.75) is 38.1 Å². The maximum atomic E-state index is 13.1. The summed E-state index contributed by atoms with van der Waals surface area (Å²) in [6, 6.07) is 8.10. The van der Waals surface area contributed by atoms with Gasteiger partial charge in [0.25, 0.3) is 0 Å². The fourth-order valence-electron chi connectivity index (χ4n) is 4.19. The quantitative estimate of drug-likeness (QED) is 0.826. The number of hydrogen-bond acceptors (Lipinski definition) is 3. The Morgan fingerprint density at radius 1 is 1.28 bits per heavy atom. The van der Waals surface area contributed by atoms with Gasteiger partial charge in [-0.05, 0) is 49.3 Å². The van der Waals surface area contributed by atoms with E-state index in [0.29, 0.717) is 18.9 Å². The molecular weight excluding hydrogens is 316 g/mol. The van der Waals surface area contributed by atoms with E-state index >= 15 is 0 Å². The van der Waals surface area contributed by atoms with Crippen molar-refractivity contribution in [3.63, 3.8) is 0 Å². The van der Waals surface area contributed by atoms with Gasteiger partial charge in [-0.25, -0.2) is 0 Å². The maximum Gasteiger partial charge on any atom is 0.228 e. The largest absolute Gasteiger partial charge is 0.497 e. The summed E-state index contributed by atoms with van der Waals surface area (Å²) in [4.78, 5) is 29.2. The first-order valence-corrected chi connectivity index (χ1v) is 9.38. The predicted molar refractivity (Wildman–Crippen MR) is 94.1 cm³/mol. The first kappa shape index (κ1) is 16.4. The Bertz CT molecular complexity index is 671. The van der Waals surface area contributed by atoms with E-state index in [9.17, 15) is 9.59 Å². The molecular formula is C20H26N2O3. The molecule has 0 bridgehead atoms. The average molecular weight is 342 g/mol. The molecule has 5 nitrogen and oxygen atoms in total. The van der Waals surface area contributed by atoms with Crippen LogP contribution in [0.5, 0.6) is 5.75 Å².